The molecule has 37 heavy (non-hydrogen) atoms. The SMILES string of the molecule is CCCC1O[C@@H]2C[C@H]3[C@@H]4CCC5=CC(=O)C=C[C@]5(C)[C@H]4[C@@H](O)C[C@]3(C)[C@]2(C(=O)COCNC(=O)CN)O1. The summed E-state index contributed by atoms with van der Waals surface area (Å²) in [5, 5.41) is 14.3. The van der Waals surface area contributed by atoms with E-state index in [0.29, 0.717) is 19.3 Å². The molecule has 0 aromatic heterocycles. The Morgan fingerprint density at radius 1 is 1.32 bits per heavy atom. The van der Waals surface area contributed by atoms with Gasteiger partial charge in [0.15, 0.2) is 23.5 Å². The lowest BCUT2D eigenvalue weighted by atomic mass is 9.46. The van der Waals surface area contributed by atoms with Crippen LogP contribution in [0.3, 0.4) is 0 Å². The van der Waals surface area contributed by atoms with Crippen LogP contribution in [0, 0.1) is 28.6 Å². The van der Waals surface area contributed by atoms with Crippen molar-refractivity contribution in [2.75, 3.05) is 19.9 Å². The molecule has 5 rings (SSSR count). The molecule has 0 aromatic rings. The highest BCUT2D eigenvalue weighted by molar-refractivity contribution is 6.01. The number of aliphatic hydroxyl groups is 1. The van der Waals surface area contributed by atoms with Gasteiger partial charge in [-0.15, -0.1) is 0 Å². The monoisotopic (exact) mass is 516 g/mol. The minimum Gasteiger partial charge on any atom is -0.393 e. The Hall–Kier alpha value is -1.91. The van der Waals surface area contributed by atoms with Gasteiger partial charge < -0.3 is 30.4 Å². The van der Waals surface area contributed by atoms with Gasteiger partial charge in [0.1, 0.15) is 13.3 Å². The van der Waals surface area contributed by atoms with Crippen molar-refractivity contribution in [3.8, 4) is 0 Å². The van der Waals surface area contributed by atoms with E-state index >= 15 is 0 Å². The first kappa shape index (κ1) is 26.7. The van der Waals surface area contributed by atoms with E-state index in [1.807, 2.05) is 13.0 Å². The maximum absolute atomic E-state index is 14.0. The number of nitrogens with two attached hydrogens (primary N) is 1. The van der Waals surface area contributed by atoms with E-state index in [2.05, 4.69) is 19.2 Å². The molecule has 1 amide bonds. The van der Waals surface area contributed by atoms with Gasteiger partial charge in [-0.1, -0.05) is 38.8 Å². The zero-order valence-electron chi connectivity index (χ0n) is 22.0. The fraction of sp³-hybridized carbons (Fsp3) is 0.750. The zero-order valence-corrected chi connectivity index (χ0v) is 22.0. The topological polar surface area (TPSA) is 137 Å². The minimum atomic E-state index is -1.23. The molecule has 9 nitrogen and oxygen atoms in total. The average molecular weight is 517 g/mol. The van der Waals surface area contributed by atoms with Crippen LogP contribution in [0.4, 0.5) is 0 Å². The number of nitrogens with one attached hydrogen (secondary N) is 1. The van der Waals surface area contributed by atoms with Crippen LogP contribution in [0.2, 0.25) is 0 Å². The Morgan fingerprint density at radius 3 is 2.84 bits per heavy atom. The van der Waals surface area contributed by atoms with Crippen molar-refractivity contribution in [1.82, 2.24) is 5.32 Å². The average Bonchev–Trinajstić information content (AvgIpc) is 3.34. The number of hydrogen-bond donors (Lipinski definition) is 3. The molecule has 4 fully saturated rings. The molecule has 0 spiro atoms. The lowest BCUT2D eigenvalue weighted by molar-refractivity contribution is -0.201. The van der Waals surface area contributed by atoms with Crippen molar-refractivity contribution in [1.29, 1.82) is 0 Å². The van der Waals surface area contributed by atoms with Crippen molar-refractivity contribution in [3.05, 3.63) is 23.8 Å². The minimum absolute atomic E-state index is 0.00688. The van der Waals surface area contributed by atoms with Crippen molar-refractivity contribution < 1.29 is 33.7 Å². The first-order chi connectivity index (χ1) is 17.6. The van der Waals surface area contributed by atoms with Gasteiger partial charge in [0.2, 0.25) is 5.91 Å². The second-order valence-electron chi connectivity index (χ2n) is 11.9. The van der Waals surface area contributed by atoms with Gasteiger partial charge in [-0.2, -0.15) is 0 Å². The van der Waals surface area contributed by atoms with Crippen LogP contribution in [0.5, 0.6) is 0 Å². The van der Waals surface area contributed by atoms with E-state index in [1.165, 1.54) is 0 Å². The predicted molar refractivity (Wildman–Crippen MR) is 134 cm³/mol. The lowest BCUT2D eigenvalue weighted by Gasteiger charge is -2.59. The van der Waals surface area contributed by atoms with Crippen molar-refractivity contribution >= 4 is 17.5 Å². The summed E-state index contributed by atoms with van der Waals surface area (Å²) in [7, 11) is 0. The fourth-order valence-electron chi connectivity index (χ4n) is 8.46. The molecule has 9 heteroatoms. The first-order valence-electron chi connectivity index (χ1n) is 13.6. The van der Waals surface area contributed by atoms with E-state index in [1.54, 1.807) is 12.2 Å². The normalized spacial score (nSPS) is 43.9. The molecule has 3 saturated carbocycles. The molecule has 0 radical (unpaired) electrons. The summed E-state index contributed by atoms with van der Waals surface area (Å²) in [6, 6.07) is 0. The highest BCUT2D eigenvalue weighted by atomic mass is 16.7. The number of aliphatic hydroxyl groups excluding tert-OH is 1. The third kappa shape index (κ3) is 3.97. The molecule has 204 valence electrons. The number of carbonyl (C=O) groups is 3. The van der Waals surface area contributed by atoms with E-state index in [4.69, 9.17) is 19.9 Å². The molecule has 1 saturated heterocycles. The summed E-state index contributed by atoms with van der Waals surface area (Å²) in [6.45, 7) is 5.76. The number of hydrogen-bond acceptors (Lipinski definition) is 8. The summed E-state index contributed by atoms with van der Waals surface area (Å²) in [6.07, 6.45) is 8.05. The smallest absolute Gasteiger partial charge is 0.235 e. The number of fused-ring (bicyclic) bond motifs is 7. The fourth-order valence-corrected chi connectivity index (χ4v) is 8.46. The maximum atomic E-state index is 14.0. The number of amides is 1. The Balaban J connectivity index is 1.45. The first-order valence-corrected chi connectivity index (χ1v) is 13.6. The van der Waals surface area contributed by atoms with Crippen LogP contribution < -0.4 is 11.1 Å². The molecule has 4 aliphatic carbocycles. The van der Waals surface area contributed by atoms with Gasteiger partial charge in [0, 0.05) is 16.7 Å². The molecular weight excluding hydrogens is 476 g/mol. The summed E-state index contributed by atoms with van der Waals surface area (Å²) in [4.78, 5) is 37.5. The summed E-state index contributed by atoms with van der Waals surface area (Å²) in [5.41, 5.74) is 4.16. The highest BCUT2D eigenvalue weighted by Gasteiger charge is 2.75. The second kappa shape index (κ2) is 9.68. The number of ketones is 2. The number of ether oxygens (including phenoxy) is 3. The van der Waals surface area contributed by atoms with E-state index in [0.717, 1.165) is 24.8 Å². The van der Waals surface area contributed by atoms with E-state index in [-0.39, 0.29) is 60.5 Å². The molecule has 4 N–H and O–H groups in total. The van der Waals surface area contributed by atoms with E-state index in [9.17, 15) is 19.5 Å². The maximum Gasteiger partial charge on any atom is 0.235 e. The van der Waals surface area contributed by atoms with Crippen LogP contribution >= 0.6 is 0 Å². The van der Waals surface area contributed by atoms with Crippen molar-refractivity contribution in [2.45, 2.75) is 83.4 Å². The number of rotatable bonds is 8. The molecule has 1 aliphatic heterocycles. The van der Waals surface area contributed by atoms with Crippen LogP contribution in [-0.4, -0.2) is 66.6 Å². The molecule has 0 aromatic carbocycles. The Morgan fingerprint density at radius 2 is 2.11 bits per heavy atom. The molecule has 5 aliphatic rings. The van der Waals surface area contributed by atoms with Gasteiger partial charge in [0.25, 0.3) is 0 Å². The molecule has 1 unspecified atom stereocenters. The predicted octanol–water partition coefficient (Wildman–Crippen LogP) is 1.77. The number of carbonyl (C=O) groups excluding carboxylic acids is 3. The van der Waals surface area contributed by atoms with Gasteiger partial charge >= 0.3 is 0 Å². The van der Waals surface area contributed by atoms with Gasteiger partial charge in [-0.05, 0) is 56.1 Å². The largest absolute Gasteiger partial charge is 0.393 e. The Bertz CT molecular complexity index is 1030. The molecular formula is C28H40N2O7. The number of allylic oxidation sites excluding steroid dienone is 4. The van der Waals surface area contributed by atoms with Crippen molar-refractivity contribution in [2.24, 2.45) is 34.3 Å². The van der Waals surface area contributed by atoms with Gasteiger partial charge in [-0.25, -0.2) is 0 Å². The summed E-state index contributed by atoms with van der Waals surface area (Å²) in [5.74, 6) is -0.342. The Labute approximate surface area is 218 Å². The zero-order chi connectivity index (χ0) is 26.6. The highest BCUT2D eigenvalue weighted by Crippen LogP contribution is 2.69. The van der Waals surface area contributed by atoms with E-state index < -0.39 is 29.5 Å². The standard InChI is InChI=1S/C28H40N2O7/c1-4-5-24-36-22-11-19-18-7-6-16-10-17(31)8-9-26(16,2)25(18)20(32)12-27(19,3)28(22,37-24)21(33)14-35-15-30-23(34)13-29/h8-10,18-20,22,24-25,32H,4-7,11-15,29H2,1-3H3,(H,30,34)/t18-,19-,20-,22+,24?,25+,26-,27-,28+/m0/s1. The van der Waals surface area contributed by atoms with Gasteiger partial charge in [0.05, 0.1) is 18.8 Å². The summed E-state index contributed by atoms with van der Waals surface area (Å²) >= 11 is 0. The third-order valence-electron chi connectivity index (χ3n) is 10.0. The third-order valence-corrected chi connectivity index (χ3v) is 10.0. The molecule has 9 atom stereocenters. The van der Waals surface area contributed by atoms with Crippen LogP contribution in [-0.2, 0) is 28.6 Å². The van der Waals surface area contributed by atoms with Crippen molar-refractivity contribution in [3.63, 3.8) is 0 Å². The quantitative estimate of drug-likeness (QED) is 0.328. The van der Waals surface area contributed by atoms with Crippen LogP contribution in [0.1, 0.15) is 59.3 Å². The van der Waals surface area contributed by atoms with Gasteiger partial charge in [-0.3, -0.25) is 14.4 Å². The van der Waals surface area contributed by atoms with Crippen LogP contribution in [0.15, 0.2) is 23.8 Å². The Kier molecular flexibility index (Phi) is 6.98. The lowest BCUT2D eigenvalue weighted by Crippen LogP contribution is -2.63. The molecule has 0 bridgehead atoms. The van der Waals surface area contributed by atoms with Crippen LogP contribution in [0.25, 0.3) is 0 Å². The molecule has 1 heterocycles. The summed E-state index contributed by atoms with van der Waals surface area (Å²) < 4.78 is 18.5. The number of Topliss-reactive ketones (excluding diaryl/α,β-unsaturated/α-hetero) is 1. The second-order valence-corrected chi connectivity index (χ2v) is 11.9.